The molecule has 1 aliphatic rings. The van der Waals surface area contributed by atoms with E-state index in [-0.39, 0.29) is 27.5 Å². The van der Waals surface area contributed by atoms with Gasteiger partial charge < -0.3 is 4.90 Å². The van der Waals surface area contributed by atoms with Gasteiger partial charge >= 0.3 is 0 Å². The van der Waals surface area contributed by atoms with Crippen LogP contribution in [-0.4, -0.2) is 41.5 Å². The Morgan fingerprint density at radius 3 is 2.65 bits per heavy atom. The molecule has 0 amide bonds. The quantitative estimate of drug-likeness (QED) is 0.534. The Bertz CT molecular complexity index is 1130. The number of sulfone groups is 1. The fourth-order valence-electron chi connectivity index (χ4n) is 3.04. The zero-order valence-electron chi connectivity index (χ0n) is 13.4. The highest BCUT2D eigenvalue weighted by Gasteiger charge is 2.27. The van der Waals surface area contributed by atoms with Gasteiger partial charge in [0.25, 0.3) is 0 Å². The van der Waals surface area contributed by atoms with Gasteiger partial charge in [-0.25, -0.2) is 22.3 Å². The largest absolute Gasteiger partial charge is 0.302 e. The van der Waals surface area contributed by atoms with Gasteiger partial charge in [-0.2, -0.15) is 0 Å². The second-order valence-corrected chi connectivity index (χ2v) is 8.42. The molecule has 0 radical (unpaired) electrons. The van der Waals surface area contributed by atoms with E-state index in [0.29, 0.717) is 0 Å². The van der Waals surface area contributed by atoms with Crippen LogP contribution in [0.4, 0.5) is 4.39 Å². The molecule has 1 N–H and O–H groups in total. The number of halogens is 1. The summed E-state index contributed by atoms with van der Waals surface area (Å²) in [6.07, 6.45) is 2.59. The van der Waals surface area contributed by atoms with Gasteiger partial charge in [0.2, 0.25) is 9.84 Å². The number of hydrogen-bond acceptors (Lipinski definition) is 5. The average molecular weight is 394 g/mol. The van der Waals surface area contributed by atoms with Crippen molar-refractivity contribution in [2.45, 2.75) is 30.2 Å². The maximum atomic E-state index is 13.1. The molecule has 0 fully saturated rings. The predicted molar refractivity (Wildman–Crippen MR) is 99.0 cm³/mol. The van der Waals surface area contributed by atoms with E-state index in [9.17, 15) is 12.8 Å². The third kappa shape index (κ3) is 2.95. The first-order chi connectivity index (χ1) is 11.9. The van der Waals surface area contributed by atoms with Crippen LogP contribution < -0.4 is 0 Å². The van der Waals surface area contributed by atoms with Crippen molar-refractivity contribution in [3.8, 4) is 0 Å². The predicted octanol–water partition coefficient (Wildman–Crippen LogP) is 2.99. The smallest absolute Gasteiger partial charge is 0.213 e. The van der Waals surface area contributed by atoms with E-state index in [1.54, 1.807) is 4.52 Å². The third-order valence-corrected chi connectivity index (χ3v) is 6.56. The Kier molecular flexibility index (Phi) is 4.72. The van der Waals surface area contributed by atoms with Crippen molar-refractivity contribution in [1.29, 1.82) is 0 Å². The molecular formula is C17H19FN4O2S2. The Balaban J connectivity index is 0.00000196. The van der Waals surface area contributed by atoms with Crippen LogP contribution >= 0.6 is 12.2 Å². The summed E-state index contributed by atoms with van der Waals surface area (Å²) in [5.74, 6) is -0.498. The van der Waals surface area contributed by atoms with Crippen molar-refractivity contribution in [2.24, 2.45) is 0 Å². The molecule has 1 aliphatic heterocycles. The Hall–Kier alpha value is -2.10. The Labute approximate surface area is 156 Å². The van der Waals surface area contributed by atoms with Crippen LogP contribution in [0.1, 0.15) is 18.7 Å². The van der Waals surface area contributed by atoms with Crippen LogP contribution in [0.2, 0.25) is 0 Å². The van der Waals surface area contributed by atoms with Gasteiger partial charge in [0, 0.05) is 31.3 Å². The number of H-pyrrole nitrogens is 1. The van der Waals surface area contributed by atoms with E-state index in [1.165, 1.54) is 12.1 Å². The molecule has 3 aromatic rings. The summed E-state index contributed by atoms with van der Waals surface area (Å²) in [7, 11) is -1.88. The van der Waals surface area contributed by atoms with Crippen LogP contribution in [0, 0.1) is 10.5 Å². The number of nitrogens with one attached hydrogen (secondary N) is 1. The molecule has 0 unspecified atom stereocenters. The maximum absolute atomic E-state index is 13.1. The summed E-state index contributed by atoms with van der Waals surface area (Å²) in [6, 6.07) is 4.69. The standard InChI is InChI=1S/C16H15FN4O2S2.CH4/c1-20-7-6-13-10(8-20)9-21-15(18-13)14(16(24)19-21)25(22,23)12-4-2-11(17)3-5-12;/h2-5,9H,6-8H2,1H3,(H,19,24);1H4. The zero-order valence-corrected chi connectivity index (χ0v) is 15.0. The molecule has 0 saturated carbocycles. The number of likely N-dealkylation sites (N-methyl/N-ethyl adjacent to an activating group) is 1. The average Bonchev–Trinajstić information content (AvgIpc) is 2.88. The first-order valence-corrected chi connectivity index (χ1v) is 9.58. The summed E-state index contributed by atoms with van der Waals surface area (Å²) in [5.41, 5.74) is 2.19. The number of benzene rings is 1. The molecule has 0 bridgehead atoms. The number of hydrogen-bond donors (Lipinski definition) is 1. The van der Waals surface area contributed by atoms with Crippen molar-refractivity contribution in [1.82, 2.24) is 19.5 Å². The van der Waals surface area contributed by atoms with E-state index in [4.69, 9.17) is 12.2 Å². The molecule has 2 aromatic heterocycles. The number of aromatic nitrogens is 3. The summed E-state index contributed by atoms with van der Waals surface area (Å²) >= 11 is 5.24. The van der Waals surface area contributed by atoms with Crippen LogP contribution in [0.3, 0.4) is 0 Å². The number of rotatable bonds is 2. The first kappa shape index (κ1) is 18.7. The van der Waals surface area contributed by atoms with Crippen LogP contribution in [-0.2, 0) is 22.8 Å². The van der Waals surface area contributed by atoms with Crippen LogP contribution in [0.5, 0.6) is 0 Å². The molecule has 138 valence electrons. The Morgan fingerprint density at radius 2 is 1.96 bits per heavy atom. The lowest BCUT2D eigenvalue weighted by atomic mass is 10.1. The van der Waals surface area contributed by atoms with Crippen molar-refractivity contribution in [2.75, 3.05) is 13.6 Å². The summed E-state index contributed by atoms with van der Waals surface area (Å²) in [4.78, 5) is 6.68. The van der Waals surface area contributed by atoms with Crippen LogP contribution in [0.25, 0.3) is 5.65 Å². The van der Waals surface area contributed by atoms with Gasteiger partial charge in [-0.05, 0) is 31.3 Å². The highest BCUT2D eigenvalue weighted by atomic mass is 32.2. The topological polar surface area (TPSA) is 70.5 Å². The lowest BCUT2D eigenvalue weighted by molar-refractivity contribution is 0.309. The maximum Gasteiger partial charge on any atom is 0.213 e. The zero-order chi connectivity index (χ0) is 17.8. The monoisotopic (exact) mass is 394 g/mol. The number of nitrogens with zero attached hydrogens (tertiary/aromatic N) is 3. The molecular weight excluding hydrogens is 375 g/mol. The fourth-order valence-corrected chi connectivity index (χ4v) is 4.96. The van der Waals surface area contributed by atoms with E-state index >= 15 is 0 Å². The fraction of sp³-hybridized carbons (Fsp3) is 0.294. The molecule has 4 rings (SSSR count). The minimum Gasteiger partial charge on any atom is -0.302 e. The van der Waals surface area contributed by atoms with Gasteiger partial charge in [-0.1, -0.05) is 19.6 Å². The molecule has 6 nitrogen and oxygen atoms in total. The molecule has 0 saturated heterocycles. The van der Waals surface area contributed by atoms with Gasteiger partial charge in [-0.3, -0.25) is 5.10 Å². The Morgan fingerprint density at radius 1 is 1.27 bits per heavy atom. The lowest BCUT2D eigenvalue weighted by Crippen LogP contribution is -2.27. The lowest BCUT2D eigenvalue weighted by Gasteiger charge is -2.24. The second kappa shape index (κ2) is 6.57. The first-order valence-electron chi connectivity index (χ1n) is 7.68. The van der Waals surface area contributed by atoms with E-state index in [1.807, 2.05) is 13.2 Å². The minimum absolute atomic E-state index is 0. The van der Waals surface area contributed by atoms with Crippen molar-refractivity contribution < 1.29 is 12.8 Å². The SMILES string of the molecule is C.CN1CCc2nc3c(S(=O)(=O)c4ccc(F)cc4)c(=S)[nH]n3cc2C1. The number of fused-ring (bicyclic) bond motifs is 2. The molecule has 0 atom stereocenters. The molecule has 26 heavy (non-hydrogen) atoms. The van der Waals surface area contributed by atoms with Crippen molar-refractivity contribution in [3.05, 3.63) is 52.2 Å². The molecule has 1 aromatic carbocycles. The summed E-state index contributed by atoms with van der Waals surface area (Å²) in [5, 5.41) is 2.88. The van der Waals surface area contributed by atoms with Crippen molar-refractivity contribution in [3.63, 3.8) is 0 Å². The van der Waals surface area contributed by atoms with Gasteiger partial charge in [0.05, 0.1) is 10.6 Å². The molecule has 0 aliphatic carbocycles. The molecule has 3 heterocycles. The summed E-state index contributed by atoms with van der Waals surface area (Å²) in [6.45, 7) is 1.61. The number of aromatic amines is 1. The van der Waals surface area contributed by atoms with E-state index in [2.05, 4.69) is 15.0 Å². The highest BCUT2D eigenvalue weighted by molar-refractivity contribution is 7.92. The highest BCUT2D eigenvalue weighted by Crippen LogP contribution is 2.27. The third-order valence-electron chi connectivity index (χ3n) is 4.32. The normalized spacial score (nSPS) is 14.8. The second-order valence-electron chi connectivity index (χ2n) is 6.12. The van der Waals surface area contributed by atoms with Gasteiger partial charge in [0.1, 0.15) is 10.5 Å². The van der Waals surface area contributed by atoms with E-state index < -0.39 is 15.7 Å². The van der Waals surface area contributed by atoms with E-state index in [0.717, 1.165) is 42.9 Å². The van der Waals surface area contributed by atoms with Gasteiger partial charge in [0.15, 0.2) is 10.5 Å². The van der Waals surface area contributed by atoms with Crippen molar-refractivity contribution >= 4 is 27.7 Å². The summed E-state index contributed by atoms with van der Waals surface area (Å²) < 4.78 is 40.8. The minimum atomic E-state index is -3.90. The molecule has 9 heteroatoms. The molecule has 0 spiro atoms. The van der Waals surface area contributed by atoms with Gasteiger partial charge in [-0.15, -0.1) is 0 Å². The van der Waals surface area contributed by atoms with Crippen LogP contribution in [0.15, 0.2) is 40.3 Å².